The largest absolute Gasteiger partial charge is 0.481 e. The van der Waals surface area contributed by atoms with Crippen LogP contribution in [-0.2, 0) is 9.59 Å². The first-order chi connectivity index (χ1) is 9.53. The van der Waals surface area contributed by atoms with Crippen LogP contribution in [0.2, 0.25) is 0 Å². The molecular formula is C16H27NO3. The van der Waals surface area contributed by atoms with Gasteiger partial charge in [-0.3, -0.25) is 9.59 Å². The first kappa shape index (κ1) is 15.3. The maximum Gasteiger partial charge on any atom is 0.310 e. The van der Waals surface area contributed by atoms with Gasteiger partial charge >= 0.3 is 5.97 Å². The zero-order valence-electron chi connectivity index (χ0n) is 12.6. The Labute approximate surface area is 121 Å². The molecule has 1 amide bonds. The van der Waals surface area contributed by atoms with Crippen LogP contribution in [-0.4, -0.2) is 35.0 Å². The highest BCUT2D eigenvalue weighted by atomic mass is 16.4. The number of nitrogens with zero attached hydrogens (tertiary/aromatic N) is 1. The van der Waals surface area contributed by atoms with E-state index in [1.807, 2.05) is 4.90 Å². The number of likely N-dealkylation sites (tertiary alicyclic amines) is 1. The minimum Gasteiger partial charge on any atom is -0.481 e. The van der Waals surface area contributed by atoms with Gasteiger partial charge in [-0.2, -0.15) is 0 Å². The molecule has 0 bridgehead atoms. The third-order valence-electron chi connectivity index (χ3n) is 5.01. The second-order valence-corrected chi connectivity index (χ2v) is 6.76. The van der Waals surface area contributed by atoms with E-state index in [0.717, 1.165) is 45.2 Å². The van der Waals surface area contributed by atoms with Crippen molar-refractivity contribution in [3.63, 3.8) is 0 Å². The van der Waals surface area contributed by atoms with Crippen LogP contribution in [0.4, 0.5) is 0 Å². The molecule has 20 heavy (non-hydrogen) atoms. The van der Waals surface area contributed by atoms with E-state index in [4.69, 9.17) is 0 Å². The molecular weight excluding hydrogens is 254 g/mol. The molecule has 4 nitrogen and oxygen atoms in total. The van der Waals surface area contributed by atoms with E-state index < -0.39 is 11.4 Å². The predicted molar refractivity (Wildman–Crippen MR) is 77.4 cm³/mol. The van der Waals surface area contributed by atoms with Crippen molar-refractivity contribution < 1.29 is 14.7 Å². The molecule has 2 aliphatic rings. The number of hydrogen-bond donors (Lipinski definition) is 1. The highest BCUT2D eigenvalue weighted by Gasteiger charge is 2.41. The minimum absolute atomic E-state index is 0.0563. The van der Waals surface area contributed by atoms with Gasteiger partial charge in [0.05, 0.1) is 5.41 Å². The minimum atomic E-state index is -0.797. The topological polar surface area (TPSA) is 57.6 Å². The van der Waals surface area contributed by atoms with Crippen LogP contribution >= 0.6 is 0 Å². The third kappa shape index (κ3) is 3.53. The summed E-state index contributed by atoms with van der Waals surface area (Å²) in [4.78, 5) is 26.1. The summed E-state index contributed by atoms with van der Waals surface area (Å²) in [6.07, 6.45) is 7.84. The summed E-state index contributed by atoms with van der Waals surface area (Å²) in [7, 11) is 0. The van der Waals surface area contributed by atoms with Gasteiger partial charge in [-0.15, -0.1) is 0 Å². The zero-order chi connectivity index (χ0) is 14.6. The van der Waals surface area contributed by atoms with E-state index in [-0.39, 0.29) is 12.3 Å². The number of carboxylic acids is 1. The summed E-state index contributed by atoms with van der Waals surface area (Å²) >= 11 is 0. The van der Waals surface area contributed by atoms with Crippen molar-refractivity contribution in [1.29, 1.82) is 0 Å². The number of carboxylic acid groups (broad SMARTS) is 1. The molecule has 4 heteroatoms. The molecule has 1 N–H and O–H groups in total. The summed E-state index contributed by atoms with van der Waals surface area (Å²) in [6, 6.07) is 0. The van der Waals surface area contributed by atoms with Crippen LogP contribution in [0.25, 0.3) is 0 Å². The number of rotatable bonds is 3. The Morgan fingerprint density at radius 1 is 1.15 bits per heavy atom. The number of hydrogen-bond acceptors (Lipinski definition) is 2. The van der Waals surface area contributed by atoms with Gasteiger partial charge < -0.3 is 10.0 Å². The van der Waals surface area contributed by atoms with E-state index in [2.05, 4.69) is 6.92 Å². The van der Waals surface area contributed by atoms with Crippen LogP contribution < -0.4 is 0 Å². The molecule has 1 saturated carbocycles. The zero-order valence-corrected chi connectivity index (χ0v) is 12.6. The van der Waals surface area contributed by atoms with E-state index in [0.29, 0.717) is 18.8 Å². The van der Waals surface area contributed by atoms with Crippen LogP contribution in [0.3, 0.4) is 0 Å². The van der Waals surface area contributed by atoms with Crippen LogP contribution in [0.1, 0.15) is 64.7 Å². The molecule has 1 aliphatic heterocycles. The Hall–Kier alpha value is -1.06. The second kappa shape index (κ2) is 6.59. The first-order valence-electron chi connectivity index (χ1n) is 8.05. The van der Waals surface area contributed by atoms with Crippen molar-refractivity contribution >= 4 is 11.9 Å². The average Bonchev–Trinajstić information content (AvgIpc) is 2.65. The molecule has 1 heterocycles. The number of aliphatic carboxylic acids is 1. The smallest absolute Gasteiger partial charge is 0.310 e. The van der Waals surface area contributed by atoms with Crippen molar-refractivity contribution in [2.45, 2.75) is 64.7 Å². The Bertz CT molecular complexity index is 359. The van der Waals surface area contributed by atoms with Crippen molar-refractivity contribution in [3.8, 4) is 0 Å². The van der Waals surface area contributed by atoms with Crippen molar-refractivity contribution in [2.24, 2.45) is 11.3 Å². The second-order valence-electron chi connectivity index (χ2n) is 6.76. The molecule has 1 saturated heterocycles. The number of carbonyl (C=O) groups is 2. The van der Waals surface area contributed by atoms with Gasteiger partial charge in [0.1, 0.15) is 0 Å². The molecule has 0 aromatic heterocycles. The standard InChI is InChI=1S/C16H27NO3/c1-13-7-6-10-17(12-13)14(18)11-16(15(19)20)8-4-2-3-5-9-16/h13H,2-12H2,1H3,(H,19,20). The Kier molecular flexibility index (Phi) is 5.06. The highest BCUT2D eigenvalue weighted by molar-refractivity contribution is 5.85. The third-order valence-corrected chi connectivity index (χ3v) is 5.01. The molecule has 0 spiro atoms. The van der Waals surface area contributed by atoms with Gasteiger partial charge in [0, 0.05) is 19.5 Å². The molecule has 1 unspecified atom stereocenters. The van der Waals surface area contributed by atoms with Crippen molar-refractivity contribution in [3.05, 3.63) is 0 Å². The van der Waals surface area contributed by atoms with Crippen LogP contribution in [0, 0.1) is 11.3 Å². The maximum absolute atomic E-state index is 12.5. The summed E-state index contributed by atoms with van der Waals surface area (Å²) in [6.45, 7) is 3.77. The van der Waals surface area contributed by atoms with Gasteiger partial charge in [-0.05, 0) is 31.6 Å². The normalized spacial score (nSPS) is 26.9. The van der Waals surface area contributed by atoms with E-state index >= 15 is 0 Å². The van der Waals surface area contributed by atoms with Gasteiger partial charge in [-0.25, -0.2) is 0 Å². The Morgan fingerprint density at radius 3 is 2.35 bits per heavy atom. The lowest BCUT2D eigenvalue weighted by Gasteiger charge is -2.34. The monoisotopic (exact) mass is 281 g/mol. The average molecular weight is 281 g/mol. The summed E-state index contributed by atoms with van der Waals surface area (Å²) in [5.41, 5.74) is -0.797. The van der Waals surface area contributed by atoms with Crippen molar-refractivity contribution in [1.82, 2.24) is 4.90 Å². The predicted octanol–water partition coefficient (Wildman–Crippen LogP) is 3.06. The molecule has 1 atom stereocenters. The molecule has 0 aromatic rings. The van der Waals surface area contributed by atoms with Gasteiger partial charge in [0.25, 0.3) is 0 Å². The van der Waals surface area contributed by atoms with Crippen molar-refractivity contribution in [2.75, 3.05) is 13.1 Å². The number of carbonyl (C=O) groups excluding carboxylic acids is 1. The first-order valence-corrected chi connectivity index (χ1v) is 8.05. The lowest BCUT2D eigenvalue weighted by molar-refractivity contribution is -0.155. The SMILES string of the molecule is CC1CCCN(C(=O)CC2(C(=O)O)CCCCCC2)C1. The number of amides is 1. The van der Waals surface area contributed by atoms with E-state index in [1.54, 1.807) is 0 Å². The fourth-order valence-electron chi connectivity index (χ4n) is 3.69. The van der Waals surface area contributed by atoms with Crippen LogP contribution in [0.5, 0.6) is 0 Å². The van der Waals surface area contributed by atoms with Gasteiger partial charge in [-0.1, -0.05) is 32.6 Å². The fourth-order valence-corrected chi connectivity index (χ4v) is 3.69. The highest BCUT2D eigenvalue weighted by Crippen LogP contribution is 2.39. The van der Waals surface area contributed by atoms with E-state index in [9.17, 15) is 14.7 Å². The van der Waals surface area contributed by atoms with Crippen LogP contribution in [0.15, 0.2) is 0 Å². The quantitative estimate of drug-likeness (QED) is 0.809. The van der Waals surface area contributed by atoms with Gasteiger partial charge in [0.15, 0.2) is 0 Å². The summed E-state index contributed by atoms with van der Waals surface area (Å²) < 4.78 is 0. The molecule has 114 valence electrons. The lowest BCUT2D eigenvalue weighted by Crippen LogP contribution is -2.43. The van der Waals surface area contributed by atoms with E-state index in [1.165, 1.54) is 6.42 Å². The molecule has 2 rings (SSSR count). The maximum atomic E-state index is 12.5. The number of piperidine rings is 1. The lowest BCUT2D eigenvalue weighted by atomic mass is 9.77. The molecule has 1 aliphatic carbocycles. The fraction of sp³-hybridized carbons (Fsp3) is 0.875. The summed E-state index contributed by atoms with van der Waals surface area (Å²) in [5.74, 6) is -0.165. The molecule has 0 radical (unpaired) electrons. The Morgan fingerprint density at radius 2 is 1.80 bits per heavy atom. The molecule has 0 aromatic carbocycles. The summed E-state index contributed by atoms with van der Waals surface area (Å²) in [5, 5.41) is 9.64. The molecule has 2 fully saturated rings. The Balaban J connectivity index is 2.03. The van der Waals surface area contributed by atoms with Gasteiger partial charge in [0.2, 0.25) is 5.91 Å².